The minimum Gasteiger partial charge on any atom is -0.338 e. The zero-order valence-corrected chi connectivity index (χ0v) is 13.3. The molecule has 0 aliphatic carbocycles. The Morgan fingerprint density at radius 2 is 2.09 bits per heavy atom. The average Bonchev–Trinajstić information content (AvgIpc) is 2.89. The van der Waals surface area contributed by atoms with Crippen molar-refractivity contribution < 1.29 is 4.79 Å². The van der Waals surface area contributed by atoms with Gasteiger partial charge in [0.1, 0.15) is 0 Å². The molecule has 1 aromatic carbocycles. The molecule has 1 aliphatic heterocycles. The second kappa shape index (κ2) is 6.10. The first-order chi connectivity index (χ1) is 10.6. The normalized spacial score (nSPS) is 16.0. The average molecular weight is 319 g/mol. The summed E-state index contributed by atoms with van der Waals surface area (Å²) in [7, 11) is 0. The molecular formula is C16H19ClN4O. The minimum absolute atomic E-state index is 0.0256. The third-order valence-corrected chi connectivity index (χ3v) is 4.35. The van der Waals surface area contributed by atoms with Crippen LogP contribution in [-0.4, -0.2) is 39.7 Å². The first-order valence-electron chi connectivity index (χ1n) is 7.41. The van der Waals surface area contributed by atoms with E-state index in [4.69, 9.17) is 17.3 Å². The molecule has 116 valence electrons. The minimum atomic E-state index is 0.0256. The monoisotopic (exact) mass is 318 g/mol. The maximum atomic E-state index is 12.6. The number of piperidine rings is 1. The molecule has 0 bridgehead atoms. The molecule has 2 N–H and O–H groups in total. The summed E-state index contributed by atoms with van der Waals surface area (Å²) in [4.78, 5) is 14.5. The SMILES string of the molecule is Cc1c(C(=O)N2CCC(N)CC2)cnn1-c1cccc(Cl)c1. The van der Waals surface area contributed by atoms with Crippen LogP contribution in [0.4, 0.5) is 0 Å². The van der Waals surface area contributed by atoms with Crippen molar-refractivity contribution in [2.75, 3.05) is 13.1 Å². The third kappa shape index (κ3) is 2.87. The molecule has 2 aromatic rings. The molecular weight excluding hydrogens is 300 g/mol. The lowest BCUT2D eigenvalue weighted by molar-refractivity contribution is 0.0714. The summed E-state index contributed by atoms with van der Waals surface area (Å²) in [5, 5.41) is 4.99. The van der Waals surface area contributed by atoms with Crippen molar-refractivity contribution in [1.29, 1.82) is 0 Å². The highest BCUT2D eigenvalue weighted by Gasteiger charge is 2.24. The van der Waals surface area contributed by atoms with Gasteiger partial charge in [0, 0.05) is 24.2 Å². The number of rotatable bonds is 2. The number of nitrogens with two attached hydrogens (primary N) is 1. The van der Waals surface area contributed by atoms with Gasteiger partial charge in [-0.2, -0.15) is 5.10 Å². The molecule has 0 atom stereocenters. The molecule has 0 spiro atoms. The van der Waals surface area contributed by atoms with Crippen LogP contribution >= 0.6 is 11.6 Å². The fraction of sp³-hybridized carbons (Fsp3) is 0.375. The summed E-state index contributed by atoms with van der Waals surface area (Å²) in [6.45, 7) is 3.32. The molecule has 1 aromatic heterocycles. The summed E-state index contributed by atoms with van der Waals surface area (Å²) in [5.41, 5.74) is 8.20. The number of carbonyl (C=O) groups excluding carboxylic acids is 1. The van der Waals surface area contributed by atoms with Crippen LogP contribution in [-0.2, 0) is 0 Å². The quantitative estimate of drug-likeness (QED) is 0.924. The first-order valence-corrected chi connectivity index (χ1v) is 7.79. The zero-order valence-electron chi connectivity index (χ0n) is 12.5. The lowest BCUT2D eigenvalue weighted by Gasteiger charge is -2.30. The van der Waals surface area contributed by atoms with Gasteiger partial charge in [0.15, 0.2) is 0 Å². The number of benzene rings is 1. The van der Waals surface area contributed by atoms with Crippen molar-refractivity contribution in [3.05, 3.63) is 46.7 Å². The lowest BCUT2D eigenvalue weighted by atomic mass is 10.1. The van der Waals surface area contributed by atoms with E-state index in [1.54, 1.807) is 10.9 Å². The molecule has 3 rings (SSSR count). The highest BCUT2D eigenvalue weighted by atomic mass is 35.5. The number of hydrogen-bond acceptors (Lipinski definition) is 3. The van der Waals surface area contributed by atoms with Gasteiger partial charge in [-0.3, -0.25) is 4.79 Å². The van der Waals surface area contributed by atoms with Crippen molar-refractivity contribution in [3.8, 4) is 5.69 Å². The van der Waals surface area contributed by atoms with Gasteiger partial charge < -0.3 is 10.6 Å². The molecule has 1 amide bonds. The van der Waals surface area contributed by atoms with Gasteiger partial charge in [0.25, 0.3) is 5.91 Å². The van der Waals surface area contributed by atoms with E-state index in [2.05, 4.69) is 5.10 Å². The number of carbonyl (C=O) groups is 1. The number of hydrogen-bond donors (Lipinski definition) is 1. The first kappa shape index (κ1) is 15.1. The summed E-state index contributed by atoms with van der Waals surface area (Å²) < 4.78 is 1.74. The molecule has 0 radical (unpaired) electrons. The maximum absolute atomic E-state index is 12.6. The molecule has 1 aliphatic rings. The van der Waals surface area contributed by atoms with E-state index in [-0.39, 0.29) is 11.9 Å². The van der Waals surface area contributed by atoms with E-state index in [0.29, 0.717) is 23.7 Å². The lowest BCUT2D eigenvalue weighted by Crippen LogP contribution is -2.42. The summed E-state index contributed by atoms with van der Waals surface area (Å²) in [5.74, 6) is 0.0256. The van der Waals surface area contributed by atoms with E-state index >= 15 is 0 Å². The topological polar surface area (TPSA) is 64.2 Å². The Kier molecular flexibility index (Phi) is 4.18. The van der Waals surface area contributed by atoms with E-state index in [1.807, 2.05) is 36.1 Å². The fourth-order valence-corrected chi connectivity index (χ4v) is 2.95. The van der Waals surface area contributed by atoms with Crippen LogP contribution in [0.25, 0.3) is 5.69 Å². The Labute approximate surface area is 134 Å². The standard InChI is InChI=1S/C16H19ClN4O/c1-11-15(16(22)20-7-5-13(18)6-8-20)10-19-21(11)14-4-2-3-12(17)9-14/h2-4,9-10,13H,5-8,18H2,1H3. The zero-order chi connectivity index (χ0) is 15.7. The van der Waals surface area contributed by atoms with Gasteiger partial charge in [-0.25, -0.2) is 4.68 Å². The van der Waals surface area contributed by atoms with E-state index in [0.717, 1.165) is 24.2 Å². The van der Waals surface area contributed by atoms with E-state index < -0.39 is 0 Å². The molecule has 0 saturated carbocycles. The number of likely N-dealkylation sites (tertiary alicyclic amines) is 1. The van der Waals surface area contributed by atoms with Crippen molar-refractivity contribution in [3.63, 3.8) is 0 Å². The van der Waals surface area contributed by atoms with Crippen molar-refractivity contribution in [2.24, 2.45) is 5.73 Å². The summed E-state index contributed by atoms with van der Waals surface area (Å²) in [6, 6.07) is 7.63. The molecule has 1 saturated heterocycles. The predicted molar refractivity (Wildman–Crippen MR) is 86.4 cm³/mol. The maximum Gasteiger partial charge on any atom is 0.257 e. The fourth-order valence-electron chi connectivity index (χ4n) is 2.76. The molecule has 5 nitrogen and oxygen atoms in total. The van der Waals surface area contributed by atoms with Crippen LogP contribution in [0.3, 0.4) is 0 Å². The second-order valence-corrected chi connectivity index (χ2v) is 6.10. The van der Waals surface area contributed by atoms with Crippen LogP contribution in [0.5, 0.6) is 0 Å². The highest BCUT2D eigenvalue weighted by Crippen LogP contribution is 2.20. The van der Waals surface area contributed by atoms with Crippen LogP contribution in [0.1, 0.15) is 28.9 Å². The van der Waals surface area contributed by atoms with Crippen molar-refractivity contribution >= 4 is 17.5 Å². The Morgan fingerprint density at radius 1 is 1.36 bits per heavy atom. The molecule has 1 fully saturated rings. The predicted octanol–water partition coefficient (Wildman–Crippen LogP) is 2.40. The Morgan fingerprint density at radius 3 is 2.77 bits per heavy atom. The van der Waals surface area contributed by atoms with Gasteiger partial charge in [0.05, 0.1) is 23.1 Å². The summed E-state index contributed by atoms with van der Waals surface area (Å²) >= 11 is 6.02. The Bertz CT molecular complexity index is 689. The largest absolute Gasteiger partial charge is 0.338 e. The molecule has 0 unspecified atom stereocenters. The number of aromatic nitrogens is 2. The highest BCUT2D eigenvalue weighted by molar-refractivity contribution is 6.30. The van der Waals surface area contributed by atoms with Crippen LogP contribution in [0.2, 0.25) is 5.02 Å². The van der Waals surface area contributed by atoms with Gasteiger partial charge >= 0.3 is 0 Å². The van der Waals surface area contributed by atoms with Crippen LogP contribution in [0, 0.1) is 6.92 Å². The van der Waals surface area contributed by atoms with Gasteiger partial charge in [-0.15, -0.1) is 0 Å². The van der Waals surface area contributed by atoms with Gasteiger partial charge in [0.2, 0.25) is 0 Å². The Balaban J connectivity index is 1.85. The summed E-state index contributed by atoms with van der Waals surface area (Å²) in [6.07, 6.45) is 3.34. The molecule has 22 heavy (non-hydrogen) atoms. The van der Waals surface area contributed by atoms with E-state index in [1.165, 1.54) is 0 Å². The second-order valence-electron chi connectivity index (χ2n) is 5.66. The van der Waals surface area contributed by atoms with Crippen LogP contribution < -0.4 is 5.73 Å². The smallest absolute Gasteiger partial charge is 0.257 e. The number of amides is 1. The van der Waals surface area contributed by atoms with Crippen LogP contribution in [0.15, 0.2) is 30.5 Å². The van der Waals surface area contributed by atoms with Gasteiger partial charge in [-0.1, -0.05) is 17.7 Å². The number of nitrogens with zero attached hydrogens (tertiary/aromatic N) is 3. The number of halogens is 1. The third-order valence-electron chi connectivity index (χ3n) is 4.12. The van der Waals surface area contributed by atoms with Crippen molar-refractivity contribution in [2.45, 2.75) is 25.8 Å². The van der Waals surface area contributed by atoms with Gasteiger partial charge in [-0.05, 0) is 38.0 Å². The van der Waals surface area contributed by atoms with Crippen molar-refractivity contribution in [1.82, 2.24) is 14.7 Å². The Hall–Kier alpha value is -1.85. The van der Waals surface area contributed by atoms with E-state index in [9.17, 15) is 4.79 Å². The molecule has 6 heteroatoms. The molecule has 2 heterocycles.